The molecule has 2 atom stereocenters. The fourth-order valence-corrected chi connectivity index (χ4v) is 4.15. The van der Waals surface area contributed by atoms with E-state index in [2.05, 4.69) is 49.7 Å². The van der Waals surface area contributed by atoms with Crippen molar-refractivity contribution in [2.24, 2.45) is 11.8 Å². The predicted octanol–water partition coefficient (Wildman–Crippen LogP) is 3.91. The Morgan fingerprint density at radius 2 is 1.65 bits per heavy atom. The van der Waals surface area contributed by atoms with Gasteiger partial charge in [-0.25, -0.2) is 0 Å². The SMILES string of the molecule is CSC(C)(C)CNC1C2CCC1Cc1ccccc1C2. The van der Waals surface area contributed by atoms with Crippen molar-refractivity contribution in [3.05, 3.63) is 35.4 Å². The van der Waals surface area contributed by atoms with Gasteiger partial charge in [-0.3, -0.25) is 0 Å². The summed E-state index contributed by atoms with van der Waals surface area (Å²) in [5, 5.41) is 3.93. The molecule has 2 unspecified atom stereocenters. The molecule has 1 aromatic rings. The molecule has 20 heavy (non-hydrogen) atoms. The van der Waals surface area contributed by atoms with Crippen LogP contribution in [0.3, 0.4) is 0 Å². The molecule has 2 aliphatic carbocycles. The van der Waals surface area contributed by atoms with Gasteiger partial charge in [0.25, 0.3) is 0 Å². The Balaban J connectivity index is 1.73. The Hall–Kier alpha value is -0.470. The van der Waals surface area contributed by atoms with Crippen LogP contribution in [0.15, 0.2) is 24.3 Å². The number of fused-ring (bicyclic) bond motifs is 3. The van der Waals surface area contributed by atoms with E-state index in [-0.39, 0.29) is 0 Å². The van der Waals surface area contributed by atoms with Crippen molar-refractivity contribution < 1.29 is 0 Å². The van der Waals surface area contributed by atoms with Crippen LogP contribution in [0.1, 0.15) is 37.8 Å². The fourth-order valence-electron chi connectivity index (χ4n) is 3.92. The molecule has 2 aliphatic rings. The fraction of sp³-hybridized carbons (Fsp3) is 0.667. The normalized spacial score (nSPS) is 29.1. The summed E-state index contributed by atoms with van der Waals surface area (Å²) in [5.41, 5.74) is 3.21. The molecule has 2 bridgehead atoms. The van der Waals surface area contributed by atoms with Gasteiger partial charge in [0.05, 0.1) is 0 Å². The lowest BCUT2D eigenvalue weighted by molar-refractivity contribution is 0.334. The third-order valence-corrected chi connectivity index (χ3v) is 6.57. The van der Waals surface area contributed by atoms with E-state index >= 15 is 0 Å². The average Bonchev–Trinajstić information content (AvgIpc) is 2.71. The smallest absolute Gasteiger partial charge is 0.0225 e. The third kappa shape index (κ3) is 2.92. The molecule has 2 heteroatoms. The minimum absolute atomic E-state index is 0.346. The van der Waals surface area contributed by atoms with Crippen molar-refractivity contribution in [2.75, 3.05) is 12.8 Å². The number of hydrogen-bond acceptors (Lipinski definition) is 2. The summed E-state index contributed by atoms with van der Waals surface area (Å²) in [6, 6.07) is 9.83. The first-order valence-electron chi connectivity index (χ1n) is 7.94. The minimum atomic E-state index is 0.346. The van der Waals surface area contributed by atoms with Gasteiger partial charge in [0, 0.05) is 17.3 Å². The Kier molecular flexibility index (Phi) is 4.14. The standard InChI is InChI=1S/C18H27NS/c1-18(2,20-3)12-19-17-15-8-9-16(17)11-14-7-5-4-6-13(14)10-15/h4-7,15-17,19H,8-12H2,1-3H3. The third-order valence-electron chi connectivity index (χ3n) is 5.32. The van der Waals surface area contributed by atoms with Gasteiger partial charge in [0.15, 0.2) is 0 Å². The second kappa shape index (κ2) is 5.73. The average molecular weight is 289 g/mol. The summed E-state index contributed by atoms with van der Waals surface area (Å²) < 4.78 is 0.346. The minimum Gasteiger partial charge on any atom is -0.312 e. The zero-order valence-electron chi connectivity index (χ0n) is 13.0. The largest absolute Gasteiger partial charge is 0.312 e. The van der Waals surface area contributed by atoms with Crippen LogP contribution in [0.2, 0.25) is 0 Å². The molecule has 0 aromatic heterocycles. The molecule has 0 aliphatic heterocycles. The Labute approximate surface area is 127 Å². The van der Waals surface area contributed by atoms with Crippen molar-refractivity contribution in [1.82, 2.24) is 5.32 Å². The molecule has 1 aromatic carbocycles. The van der Waals surface area contributed by atoms with Gasteiger partial charge in [-0.2, -0.15) is 11.8 Å². The lowest BCUT2D eigenvalue weighted by Gasteiger charge is -2.29. The Bertz CT molecular complexity index is 435. The first-order chi connectivity index (χ1) is 9.59. The molecule has 1 saturated carbocycles. The summed E-state index contributed by atoms with van der Waals surface area (Å²) in [4.78, 5) is 0. The van der Waals surface area contributed by atoms with Crippen LogP contribution in [0.4, 0.5) is 0 Å². The van der Waals surface area contributed by atoms with Crippen molar-refractivity contribution in [2.45, 2.75) is 50.3 Å². The summed E-state index contributed by atoms with van der Waals surface area (Å²) in [6.45, 7) is 5.82. The van der Waals surface area contributed by atoms with Crippen LogP contribution in [-0.4, -0.2) is 23.6 Å². The molecule has 0 saturated heterocycles. The van der Waals surface area contributed by atoms with E-state index in [0.717, 1.165) is 24.4 Å². The zero-order valence-corrected chi connectivity index (χ0v) is 13.8. The molecule has 0 radical (unpaired) electrons. The van der Waals surface area contributed by atoms with Gasteiger partial charge < -0.3 is 5.32 Å². The van der Waals surface area contributed by atoms with Crippen LogP contribution in [0.5, 0.6) is 0 Å². The zero-order chi connectivity index (χ0) is 14.2. The number of rotatable bonds is 4. The first kappa shape index (κ1) is 14.5. The van der Waals surface area contributed by atoms with E-state index in [0.29, 0.717) is 4.75 Å². The molecule has 0 heterocycles. The molecular weight excluding hydrogens is 262 g/mol. The number of benzene rings is 1. The molecule has 0 spiro atoms. The number of nitrogens with one attached hydrogen (secondary N) is 1. The van der Waals surface area contributed by atoms with Crippen LogP contribution in [0, 0.1) is 11.8 Å². The van der Waals surface area contributed by atoms with E-state index in [9.17, 15) is 0 Å². The van der Waals surface area contributed by atoms with Crippen LogP contribution in [-0.2, 0) is 12.8 Å². The van der Waals surface area contributed by atoms with Gasteiger partial charge in [0.2, 0.25) is 0 Å². The van der Waals surface area contributed by atoms with E-state index in [1.54, 1.807) is 11.1 Å². The van der Waals surface area contributed by atoms with E-state index in [1.807, 2.05) is 11.8 Å². The van der Waals surface area contributed by atoms with Crippen LogP contribution in [0.25, 0.3) is 0 Å². The molecular formula is C18H27NS. The van der Waals surface area contributed by atoms with Crippen molar-refractivity contribution in [1.29, 1.82) is 0 Å². The molecule has 1 nitrogen and oxygen atoms in total. The Morgan fingerprint density at radius 1 is 1.10 bits per heavy atom. The molecule has 1 N–H and O–H groups in total. The molecule has 0 amide bonds. The highest BCUT2D eigenvalue weighted by atomic mass is 32.2. The van der Waals surface area contributed by atoms with Crippen molar-refractivity contribution in [3.8, 4) is 0 Å². The molecule has 1 fully saturated rings. The highest BCUT2D eigenvalue weighted by Crippen LogP contribution is 2.40. The number of thioether (sulfide) groups is 1. The topological polar surface area (TPSA) is 12.0 Å². The lowest BCUT2D eigenvalue weighted by Crippen LogP contribution is -2.44. The maximum Gasteiger partial charge on any atom is 0.0225 e. The predicted molar refractivity (Wildman–Crippen MR) is 89.4 cm³/mol. The van der Waals surface area contributed by atoms with Gasteiger partial charge in [0.1, 0.15) is 0 Å². The van der Waals surface area contributed by atoms with E-state index in [4.69, 9.17) is 0 Å². The van der Waals surface area contributed by atoms with Gasteiger partial charge in [-0.15, -0.1) is 0 Å². The number of hydrogen-bond donors (Lipinski definition) is 1. The van der Waals surface area contributed by atoms with Crippen LogP contribution < -0.4 is 5.32 Å². The second-order valence-electron chi connectivity index (χ2n) is 7.14. The van der Waals surface area contributed by atoms with Crippen molar-refractivity contribution in [3.63, 3.8) is 0 Å². The summed E-state index contributed by atoms with van der Waals surface area (Å²) in [6.07, 6.45) is 7.61. The van der Waals surface area contributed by atoms with E-state index in [1.165, 1.54) is 25.7 Å². The van der Waals surface area contributed by atoms with Crippen LogP contribution >= 0.6 is 11.8 Å². The highest BCUT2D eigenvalue weighted by molar-refractivity contribution is 7.99. The van der Waals surface area contributed by atoms with Gasteiger partial charge in [-0.1, -0.05) is 24.3 Å². The lowest BCUT2D eigenvalue weighted by atomic mass is 9.94. The molecule has 3 rings (SSSR count). The first-order valence-corrected chi connectivity index (χ1v) is 9.17. The van der Waals surface area contributed by atoms with Gasteiger partial charge >= 0.3 is 0 Å². The highest BCUT2D eigenvalue weighted by Gasteiger charge is 2.39. The Morgan fingerprint density at radius 3 is 2.15 bits per heavy atom. The van der Waals surface area contributed by atoms with Crippen molar-refractivity contribution >= 4 is 11.8 Å². The maximum atomic E-state index is 3.93. The summed E-state index contributed by atoms with van der Waals surface area (Å²) >= 11 is 1.97. The quantitative estimate of drug-likeness (QED) is 0.902. The summed E-state index contributed by atoms with van der Waals surface area (Å²) in [5.74, 6) is 1.70. The maximum absolute atomic E-state index is 3.93. The monoisotopic (exact) mass is 289 g/mol. The van der Waals surface area contributed by atoms with Gasteiger partial charge in [-0.05, 0) is 68.7 Å². The second-order valence-corrected chi connectivity index (χ2v) is 8.66. The summed E-state index contributed by atoms with van der Waals surface area (Å²) in [7, 11) is 0. The van der Waals surface area contributed by atoms with E-state index < -0.39 is 0 Å². The molecule has 110 valence electrons.